The second-order valence-electron chi connectivity index (χ2n) is 5.09. The SMILES string of the molecule is O=C(CCC1COc2ccccc2O1)Nc1ccc(Cl)cc1. The van der Waals surface area contributed by atoms with E-state index in [0.29, 0.717) is 24.5 Å². The third-order valence-corrected chi connectivity index (χ3v) is 3.64. The molecule has 114 valence electrons. The highest BCUT2D eigenvalue weighted by atomic mass is 35.5. The van der Waals surface area contributed by atoms with E-state index in [1.54, 1.807) is 24.3 Å². The average Bonchev–Trinajstić information content (AvgIpc) is 2.55. The number of amides is 1. The Balaban J connectivity index is 1.49. The van der Waals surface area contributed by atoms with Crippen molar-refractivity contribution in [1.29, 1.82) is 0 Å². The van der Waals surface area contributed by atoms with Crippen molar-refractivity contribution in [3.63, 3.8) is 0 Å². The van der Waals surface area contributed by atoms with E-state index in [9.17, 15) is 4.79 Å². The van der Waals surface area contributed by atoms with Crippen molar-refractivity contribution in [3.8, 4) is 11.5 Å². The topological polar surface area (TPSA) is 47.6 Å². The van der Waals surface area contributed by atoms with Gasteiger partial charge in [0.05, 0.1) is 0 Å². The number of benzene rings is 2. The van der Waals surface area contributed by atoms with E-state index in [4.69, 9.17) is 21.1 Å². The van der Waals surface area contributed by atoms with Crippen LogP contribution in [-0.2, 0) is 4.79 Å². The van der Waals surface area contributed by atoms with Crippen LogP contribution >= 0.6 is 11.6 Å². The van der Waals surface area contributed by atoms with E-state index in [2.05, 4.69) is 5.32 Å². The lowest BCUT2D eigenvalue weighted by molar-refractivity contribution is -0.116. The molecule has 1 N–H and O–H groups in total. The summed E-state index contributed by atoms with van der Waals surface area (Å²) in [6.07, 6.45) is 0.873. The summed E-state index contributed by atoms with van der Waals surface area (Å²) >= 11 is 5.81. The number of anilines is 1. The zero-order chi connectivity index (χ0) is 15.4. The summed E-state index contributed by atoms with van der Waals surface area (Å²) in [6, 6.07) is 14.6. The van der Waals surface area contributed by atoms with Gasteiger partial charge in [-0.2, -0.15) is 0 Å². The Bertz CT molecular complexity index is 657. The third kappa shape index (κ3) is 3.71. The van der Waals surface area contributed by atoms with Gasteiger partial charge in [0.1, 0.15) is 12.7 Å². The quantitative estimate of drug-likeness (QED) is 0.930. The fraction of sp³-hybridized carbons (Fsp3) is 0.235. The zero-order valence-electron chi connectivity index (χ0n) is 11.9. The molecule has 1 atom stereocenters. The first kappa shape index (κ1) is 14.7. The molecule has 22 heavy (non-hydrogen) atoms. The second-order valence-corrected chi connectivity index (χ2v) is 5.53. The van der Waals surface area contributed by atoms with E-state index in [1.165, 1.54) is 0 Å². The molecule has 1 aliphatic heterocycles. The molecule has 4 nitrogen and oxygen atoms in total. The molecule has 1 aliphatic rings. The maximum absolute atomic E-state index is 11.9. The van der Waals surface area contributed by atoms with Crippen LogP contribution in [0, 0.1) is 0 Å². The number of rotatable bonds is 4. The van der Waals surface area contributed by atoms with Gasteiger partial charge in [0, 0.05) is 17.1 Å². The summed E-state index contributed by atoms with van der Waals surface area (Å²) in [5, 5.41) is 3.48. The van der Waals surface area contributed by atoms with Gasteiger partial charge in [-0.05, 0) is 42.8 Å². The molecular weight excluding hydrogens is 302 g/mol. The molecule has 2 aromatic carbocycles. The molecule has 2 aromatic rings. The summed E-state index contributed by atoms with van der Waals surface area (Å²) in [5.41, 5.74) is 0.737. The lowest BCUT2D eigenvalue weighted by atomic mass is 10.1. The van der Waals surface area contributed by atoms with Crippen LogP contribution in [-0.4, -0.2) is 18.6 Å². The van der Waals surface area contributed by atoms with Gasteiger partial charge in [0.2, 0.25) is 5.91 Å². The Morgan fingerprint density at radius 1 is 1.14 bits per heavy atom. The first-order valence-corrected chi connectivity index (χ1v) is 7.52. The van der Waals surface area contributed by atoms with Crippen LogP contribution in [0.4, 0.5) is 5.69 Å². The van der Waals surface area contributed by atoms with E-state index in [-0.39, 0.29) is 12.0 Å². The molecule has 3 rings (SSSR count). The number of para-hydroxylation sites is 2. The standard InChI is InChI=1S/C17H16ClNO3/c18-12-5-7-13(8-6-12)19-17(20)10-9-14-11-21-15-3-1-2-4-16(15)22-14/h1-8,14H,9-11H2,(H,19,20). The largest absolute Gasteiger partial charge is 0.486 e. The fourth-order valence-corrected chi connectivity index (χ4v) is 2.38. The van der Waals surface area contributed by atoms with Gasteiger partial charge >= 0.3 is 0 Å². The molecule has 0 saturated carbocycles. The Hall–Kier alpha value is -2.20. The molecule has 0 saturated heterocycles. The number of hydrogen-bond acceptors (Lipinski definition) is 3. The number of fused-ring (bicyclic) bond motifs is 1. The lowest BCUT2D eigenvalue weighted by Gasteiger charge is -2.26. The predicted octanol–water partition coefficient (Wildman–Crippen LogP) is 3.90. The van der Waals surface area contributed by atoms with Crippen molar-refractivity contribution in [3.05, 3.63) is 53.6 Å². The summed E-state index contributed by atoms with van der Waals surface area (Å²) in [6.45, 7) is 0.464. The van der Waals surface area contributed by atoms with Gasteiger partial charge in [-0.1, -0.05) is 23.7 Å². The van der Waals surface area contributed by atoms with E-state index in [1.807, 2.05) is 24.3 Å². The average molecular weight is 318 g/mol. The molecule has 0 fully saturated rings. The fourth-order valence-electron chi connectivity index (χ4n) is 2.25. The number of carbonyl (C=O) groups excluding carboxylic acids is 1. The maximum atomic E-state index is 11.9. The highest BCUT2D eigenvalue weighted by Crippen LogP contribution is 2.31. The highest BCUT2D eigenvalue weighted by Gasteiger charge is 2.21. The van der Waals surface area contributed by atoms with Crippen LogP contribution in [0.15, 0.2) is 48.5 Å². The van der Waals surface area contributed by atoms with Crippen LogP contribution < -0.4 is 14.8 Å². The molecule has 1 heterocycles. The summed E-state index contributed by atoms with van der Waals surface area (Å²) in [4.78, 5) is 11.9. The lowest BCUT2D eigenvalue weighted by Crippen LogP contribution is -2.30. The molecular formula is C17H16ClNO3. The monoisotopic (exact) mass is 317 g/mol. The Morgan fingerprint density at radius 2 is 1.86 bits per heavy atom. The number of carbonyl (C=O) groups is 1. The van der Waals surface area contributed by atoms with Crippen molar-refractivity contribution in [2.75, 3.05) is 11.9 Å². The maximum Gasteiger partial charge on any atom is 0.224 e. The van der Waals surface area contributed by atoms with Gasteiger partial charge in [0.15, 0.2) is 11.5 Å². The van der Waals surface area contributed by atoms with Crippen molar-refractivity contribution in [2.24, 2.45) is 0 Å². The van der Waals surface area contributed by atoms with Gasteiger partial charge in [-0.15, -0.1) is 0 Å². The molecule has 1 amide bonds. The van der Waals surface area contributed by atoms with Crippen molar-refractivity contribution >= 4 is 23.2 Å². The number of nitrogens with one attached hydrogen (secondary N) is 1. The van der Waals surface area contributed by atoms with Gasteiger partial charge in [-0.25, -0.2) is 0 Å². The first-order valence-electron chi connectivity index (χ1n) is 7.14. The summed E-state index contributed by atoms with van der Waals surface area (Å²) in [7, 11) is 0. The van der Waals surface area contributed by atoms with Crippen molar-refractivity contribution in [1.82, 2.24) is 0 Å². The Morgan fingerprint density at radius 3 is 2.64 bits per heavy atom. The molecule has 0 bridgehead atoms. The van der Waals surface area contributed by atoms with E-state index >= 15 is 0 Å². The van der Waals surface area contributed by atoms with Gasteiger partial charge < -0.3 is 14.8 Å². The Labute approximate surface area is 134 Å². The van der Waals surface area contributed by atoms with Crippen LogP contribution in [0.1, 0.15) is 12.8 Å². The third-order valence-electron chi connectivity index (χ3n) is 3.39. The molecule has 0 aliphatic carbocycles. The minimum atomic E-state index is -0.106. The van der Waals surface area contributed by atoms with E-state index < -0.39 is 0 Å². The minimum absolute atomic E-state index is 0.0511. The molecule has 0 radical (unpaired) electrons. The minimum Gasteiger partial charge on any atom is -0.486 e. The molecule has 0 spiro atoms. The van der Waals surface area contributed by atoms with Crippen LogP contribution in [0.2, 0.25) is 5.02 Å². The first-order chi connectivity index (χ1) is 10.7. The van der Waals surface area contributed by atoms with Gasteiger partial charge in [-0.3, -0.25) is 4.79 Å². The number of ether oxygens (including phenoxy) is 2. The van der Waals surface area contributed by atoms with Gasteiger partial charge in [0.25, 0.3) is 0 Å². The molecule has 5 heteroatoms. The Kier molecular flexibility index (Phi) is 4.49. The smallest absolute Gasteiger partial charge is 0.224 e. The second kappa shape index (κ2) is 6.71. The summed E-state index contributed by atoms with van der Waals surface area (Å²) in [5.74, 6) is 1.44. The van der Waals surface area contributed by atoms with Crippen molar-refractivity contribution in [2.45, 2.75) is 18.9 Å². The van der Waals surface area contributed by atoms with Crippen LogP contribution in [0.3, 0.4) is 0 Å². The number of hydrogen-bond donors (Lipinski definition) is 1. The summed E-state index contributed by atoms with van der Waals surface area (Å²) < 4.78 is 11.5. The van der Waals surface area contributed by atoms with Crippen molar-refractivity contribution < 1.29 is 14.3 Å². The highest BCUT2D eigenvalue weighted by molar-refractivity contribution is 6.30. The predicted molar refractivity (Wildman–Crippen MR) is 85.7 cm³/mol. The zero-order valence-corrected chi connectivity index (χ0v) is 12.7. The van der Waals surface area contributed by atoms with Crippen LogP contribution in [0.5, 0.6) is 11.5 Å². The molecule has 0 aromatic heterocycles. The van der Waals surface area contributed by atoms with E-state index in [0.717, 1.165) is 17.2 Å². The van der Waals surface area contributed by atoms with Crippen LogP contribution in [0.25, 0.3) is 0 Å². The number of halogens is 1. The normalized spacial score (nSPS) is 16.1. The molecule has 1 unspecified atom stereocenters.